The molecule has 8 heavy (non-hydrogen) atoms. The summed E-state index contributed by atoms with van der Waals surface area (Å²) in [5.74, 6) is 8.61. The average Bonchev–Trinajstić information content (AvgIpc) is 1.88. The van der Waals surface area contributed by atoms with E-state index in [0.717, 1.165) is 0 Å². The van der Waals surface area contributed by atoms with Crippen molar-refractivity contribution in [3.8, 4) is 36.5 Å². The summed E-state index contributed by atoms with van der Waals surface area (Å²) in [6.45, 7) is 0. The highest BCUT2D eigenvalue weighted by Gasteiger charge is 1.41. The molecule has 0 rings (SSSR count). The van der Waals surface area contributed by atoms with Gasteiger partial charge in [-0.15, -0.1) is 12.8 Å². The van der Waals surface area contributed by atoms with Gasteiger partial charge in [-0.3, -0.25) is 0 Å². The molecule has 0 saturated heterocycles. The molecular formula is C6H6O2. The number of terminal acetylenes is 2. The van der Waals surface area contributed by atoms with Crippen molar-refractivity contribution in [2.45, 2.75) is 0 Å². The van der Waals surface area contributed by atoms with Crippen LogP contribution in [0.3, 0.4) is 0 Å². The molecule has 0 heterocycles. The fourth-order valence-corrected chi connectivity index (χ4v) is 0.0722. The van der Waals surface area contributed by atoms with Crippen LogP contribution in [0.2, 0.25) is 0 Å². The molecule has 0 aliphatic heterocycles. The van der Waals surface area contributed by atoms with Gasteiger partial charge < -0.3 is 0 Å². The predicted octanol–water partition coefficient (Wildman–Crippen LogP) is 0.815. The number of hydrogen-bond donors (Lipinski definition) is 0. The maximum Gasteiger partial charge on any atom is 0 e. The molecule has 2 nitrogen and oxygen atoms in total. The minimum Gasteiger partial charge on any atom is -0.106 e. The van der Waals surface area contributed by atoms with Crippen molar-refractivity contribution < 1.29 is 2.85 Å². The highest BCUT2D eigenvalue weighted by Crippen LogP contribution is 1.42. The first-order chi connectivity index (χ1) is 3.91. The van der Waals surface area contributed by atoms with Gasteiger partial charge in [0.25, 0.3) is 0 Å². The second-order valence-electron chi connectivity index (χ2n) is 0.539. The minimum absolute atomic E-state index is 0. The molecule has 0 bridgehead atoms. The molecule has 0 aromatic heterocycles. The SMILES string of the molecule is C#CC#CC#C.O=O.[HH].[HH]. The fraction of sp³-hybridized carbons (Fsp3) is 0. The molecule has 2 heteroatoms. The van der Waals surface area contributed by atoms with Crippen molar-refractivity contribution in [2.24, 2.45) is 0 Å². The van der Waals surface area contributed by atoms with Crippen molar-refractivity contribution >= 4 is 0 Å². The molecular weight excluding hydrogens is 104 g/mol. The van der Waals surface area contributed by atoms with E-state index >= 15 is 0 Å². The first kappa shape index (κ1) is 9.56. The molecule has 0 atom stereocenters. The second-order valence-corrected chi connectivity index (χ2v) is 0.539. The largest absolute Gasteiger partial charge is 0.106 e. The lowest BCUT2D eigenvalue weighted by Gasteiger charge is -1.43. The Bertz CT molecular complexity index is 159. The van der Waals surface area contributed by atoms with Gasteiger partial charge in [0.15, 0.2) is 0 Å². The summed E-state index contributed by atoms with van der Waals surface area (Å²) in [4.78, 5) is 14.0. The molecule has 0 aromatic rings. The van der Waals surface area contributed by atoms with Gasteiger partial charge in [-0.25, -0.2) is 0 Å². The molecule has 42 valence electrons. The molecule has 0 aliphatic carbocycles. The van der Waals surface area contributed by atoms with E-state index in [1.54, 1.807) is 0 Å². The van der Waals surface area contributed by atoms with E-state index in [-0.39, 0.29) is 2.85 Å². The summed E-state index contributed by atoms with van der Waals surface area (Å²) in [7, 11) is 0. The summed E-state index contributed by atoms with van der Waals surface area (Å²) >= 11 is 0. The first-order valence-electron chi connectivity index (χ1n) is 1.49. The summed E-state index contributed by atoms with van der Waals surface area (Å²) in [5, 5.41) is 0. The van der Waals surface area contributed by atoms with Crippen LogP contribution in [0.25, 0.3) is 0 Å². The average molecular weight is 110 g/mol. The fourth-order valence-electron chi connectivity index (χ4n) is 0.0722. The van der Waals surface area contributed by atoms with Gasteiger partial charge in [-0.05, 0) is 23.7 Å². The van der Waals surface area contributed by atoms with Crippen molar-refractivity contribution in [1.29, 1.82) is 0 Å². The van der Waals surface area contributed by atoms with E-state index in [4.69, 9.17) is 22.8 Å². The van der Waals surface area contributed by atoms with Crippen LogP contribution in [0.15, 0.2) is 0 Å². The third-order valence-corrected chi connectivity index (χ3v) is 0.207. The van der Waals surface area contributed by atoms with E-state index < -0.39 is 0 Å². The van der Waals surface area contributed by atoms with Crippen LogP contribution in [-0.2, 0) is 0 Å². The van der Waals surface area contributed by atoms with Crippen LogP contribution in [0.1, 0.15) is 2.85 Å². The second kappa shape index (κ2) is 18.6. The summed E-state index contributed by atoms with van der Waals surface area (Å²) in [6, 6.07) is 0. The van der Waals surface area contributed by atoms with Crippen LogP contribution in [-0.4, -0.2) is 0 Å². The molecule has 0 aliphatic rings. The van der Waals surface area contributed by atoms with Gasteiger partial charge in [-0.1, -0.05) is 0 Å². The van der Waals surface area contributed by atoms with Crippen molar-refractivity contribution in [3.63, 3.8) is 0 Å². The lowest BCUT2D eigenvalue weighted by Crippen LogP contribution is -1.42. The zero-order valence-corrected chi connectivity index (χ0v) is 3.97. The third kappa shape index (κ3) is 28.1. The molecule has 0 spiro atoms. The summed E-state index contributed by atoms with van der Waals surface area (Å²) in [6.07, 6.45) is 9.39. The van der Waals surface area contributed by atoms with Crippen LogP contribution < -0.4 is 0 Å². The van der Waals surface area contributed by atoms with Gasteiger partial charge in [0, 0.05) is 12.8 Å². The molecule has 0 radical (unpaired) electrons. The Morgan fingerprint density at radius 1 is 1.00 bits per heavy atom. The predicted molar refractivity (Wildman–Crippen MR) is 36.4 cm³/mol. The molecule has 0 unspecified atom stereocenters. The minimum atomic E-state index is 0. The molecule has 0 amide bonds. The summed E-state index contributed by atoms with van der Waals surface area (Å²) in [5.41, 5.74) is 0. The van der Waals surface area contributed by atoms with Crippen LogP contribution >= 0.6 is 0 Å². The van der Waals surface area contributed by atoms with E-state index in [0.29, 0.717) is 0 Å². The van der Waals surface area contributed by atoms with Gasteiger partial charge in [0.05, 0.1) is 0 Å². The Balaban J connectivity index is -0.0000000412. The normalized spacial score (nSPS) is 2.75. The van der Waals surface area contributed by atoms with E-state index in [2.05, 4.69) is 23.7 Å². The Kier molecular flexibility index (Phi) is 22.2. The van der Waals surface area contributed by atoms with Gasteiger partial charge >= 0.3 is 0 Å². The molecule has 0 fully saturated rings. The van der Waals surface area contributed by atoms with Crippen molar-refractivity contribution in [2.75, 3.05) is 0 Å². The van der Waals surface area contributed by atoms with Crippen LogP contribution in [0.5, 0.6) is 0 Å². The maximum absolute atomic E-state index is 7.00. The lowest BCUT2D eigenvalue weighted by atomic mass is 10.6. The number of hydrogen-bond acceptors (Lipinski definition) is 2. The standard InChI is InChI=1S/C6H2.O2.2H2/c1-3-5-6-4-2;1-2;;/h1-2H;;2*1H. The van der Waals surface area contributed by atoms with Crippen molar-refractivity contribution in [3.05, 3.63) is 9.93 Å². The highest BCUT2D eigenvalue weighted by molar-refractivity contribution is 5.31. The Morgan fingerprint density at radius 3 is 1.38 bits per heavy atom. The monoisotopic (exact) mass is 110 g/mol. The molecule has 0 N–H and O–H groups in total. The smallest absolute Gasteiger partial charge is 0 e. The molecule has 0 saturated carbocycles. The third-order valence-electron chi connectivity index (χ3n) is 0.207. The highest BCUT2D eigenvalue weighted by atomic mass is 16.7. The van der Waals surface area contributed by atoms with Gasteiger partial charge in [0.1, 0.15) is 0 Å². The maximum atomic E-state index is 7.00. The van der Waals surface area contributed by atoms with E-state index in [1.807, 2.05) is 0 Å². The van der Waals surface area contributed by atoms with E-state index in [9.17, 15) is 0 Å². The van der Waals surface area contributed by atoms with Gasteiger partial charge in [0.2, 0.25) is 0 Å². The van der Waals surface area contributed by atoms with Gasteiger partial charge in [-0.2, -0.15) is 0 Å². The van der Waals surface area contributed by atoms with Crippen LogP contribution in [0, 0.1) is 46.5 Å². The topological polar surface area (TPSA) is 34.1 Å². The summed E-state index contributed by atoms with van der Waals surface area (Å²) < 4.78 is 0. The first-order valence-corrected chi connectivity index (χ1v) is 1.49. The van der Waals surface area contributed by atoms with E-state index in [1.165, 1.54) is 0 Å². The Hall–Kier alpha value is -1.72. The van der Waals surface area contributed by atoms with Crippen LogP contribution in [0.4, 0.5) is 0 Å². The Morgan fingerprint density at radius 2 is 1.25 bits per heavy atom. The van der Waals surface area contributed by atoms with Crippen molar-refractivity contribution in [1.82, 2.24) is 0 Å². The zero-order valence-electron chi connectivity index (χ0n) is 3.97. The molecule has 0 aromatic carbocycles. The zero-order chi connectivity index (χ0) is 6.83. The lowest BCUT2D eigenvalue weighted by molar-refractivity contribution is 2.47. The Labute approximate surface area is 50.5 Å². The quantitative estimate of drug-likeness (QED) is 0.432. The number of rotatable bonds is 0.